The Morgan fingerprint density at radius 3 is 2.64 bits per heavy atom. The van der Waals surface area contributed by atoms with Gasteiger partial charge in [-0.2, -0.15) is 0 Å². The van der Waals surface area contributed by atoms with Crippen LogP contribution in [0.2, 0.25) is 0 Å². The summed E-state index contributed by atoms with van der Waals surface area (Å²) >= 11 is 0. The fraction of sp³-hybridized carbons (Fsp3) is 0.765. The number of carbonyl (C=O) groups is 1. The number of piperidine rings is 1. The van der Waals surface area contributed by atoms with E-state index < -0.39 is 0 Å². The Hall–Kier alpha value is -1.36. The number of nitrogens with zero attached hydrogens (tertiary/aromatic N) is 2. The lowest BCUT2D eigenvalue weighted by Gasteiger charge is -2.37. The summed E-state index contributed by atoms with van der Waals surface area (Å²) in [7, 11) is 0. The lowest BCUT2D eigenvalue weighted by Crippen LogP contribution is -2.41. The lowest BCUT2D eigenvalue weighted by atomic mass is 9.81. The van der Waals surface area contributed by atoms with Gasteiger partial charge in [0.2, 0.25) is 0 Å². The summed E-state index contributed by atoms with van der Waals surface area (Å²) in [5.74, 6) is 2.43. The normalized spacial score (nSPS) is 24.0. The molecule has 3 heterocycles. The first-order valence-corrected chi connectivity index (χ1v) is 8.48. The Bertz CT molecular complexity index is 498. The van der Waals surface area contributed by atoms with Crippen LogP contribution in [0.15, 0.2) is 10.6 Å². The summed E-state index contributed by atoms with van der Waals surface area (Å²) in [4.78, 5) is 14.4. The highest BCUT2D eigenvalue weighted by Crippen LogP contribution is 2.31. The minimum Gasteiger partial charge on any atom is -0.381 e. The number of carbonyl (C=O) groups excluding carboxylic acids is 1. The van der Waals surface area contributed by atoms with Crippen molar-refractivity contribution in [1.29, 1.82) is 0 Å². The predicted molar refractivity (Wildman–Crippen MR) is 82.8 cm³/mol. The molecule has 0 saturated carbocycles. The molecule has 5 nitrogen and oxygen atoms in total. The van der Waals surface area contributed by atoms with E-state index in [0.29, 0.717) is 17.5 Å². The van der Waals surface area contributed by atoms with Gasteiger partial charge in [-0.25, -0.2) is 0 Å². The molecule has 3 rings (SSSR count). The molecule has 0 aliphatic carbocycles. The highest BCUT2D eigenvalue weighted by molar-refractivity contribution is 5.92. The van der Waals surface area contributed by atoms with Crippen molar-refractivity contribution in [3.8, 4) is 0 Å². The number of amides is 1. The van der Waals surface area contributed by atoms with E-state index in [1.54, 1.807) is 6.07 Å². The number of likely N-dealkylation sites (tertiary alicyclic amines) is 1. The third kappa shape index (κ3) is 3.35. The van der Waals surface area contributed by atoms with E-state index in [0.717, 1.165) is 44.9 Å². The summed E-state index contributed by atoms with van der Waals surface area (Å²) in [6.45, 7) is 7.53. The Kier molecular flexibility index (Phi) is 4.81. The van der Waals surface area contributed by atoms with Gasteiger partial charge in [-0.1, -0.05) is 19.0 Å². The molecule has 1 unspecified atom stereocenters. The molecule has 5 heteroatoms. The second-order valence-corrected chi connectivity index (χ2v) is 6.88. The van der Waals surface area contributed by atoms with Crippen molar-refractivity contribution in [2.45, 2.75) is 45.4 Å². The monoisotopic (exact) mass is 306 g/mol. The second kappa shape index (κ2) is 6.82. The lowest BCUT2D eigenvalue weighted by molar-refractivity contribution is 0.0139. The topological polar surface area (TPSA) is 55.6 Å². The molecular formula is C17H26N2O3. The molecule has 122 valence electrons. The zero-order chi connectivity index (χ0) is 15.5. The van der Waals surface area contributed by atoms with Gasteiger partial charge in [-0.3, -0.25) is 4.79 Å². The SMILES string of the molecule is CC(C)c1cc(C(=O)N2CCC(C3CCCOC3)CC2)no1. The smallest absolute Gasteiger partial charge is 0.276 e. The van der Waals surface area contributed by atoms with Crippen LogP contribution in [0.4, 0.5) is 0 Å². The Labute approximate surface area is 132 Å². The summed E-state index contributed by atoms with van der Waals surface area (Å²) in [5, 5.41) is 3.94. The van der Waals surface area contributed by atoms with E-state index in [9.17, 15) is 4.79 Å². The van der Waals surface area contributed by atoms with E-state index in [1.165, 1.54) is 12.8 Å². The van der Waals surface area contributed by atoms with Crippen LogP contribution in [0.5, 0.6) is 0 Å². The molecule has 2 aliphatic heterocycles. The van der Waals surface area contributed by atoms with Crippen LogP contribution in [-0.4, -0.2) is 42.3 Å². The molecule has 0 aromatic carbocycles. The van der Waals surface area contributed by atoms with Crippen LogP contribution in [-0.2, 0) is 4.74 Å². The number of ether oxygens (including phenoxy) is 1. The molecule has 1 aromatic heterocycles. The zero-order valence-corrected chi connectivity index (χ0v) is 13.6. The van der Waals surface area contributed by atoms with Gasteiger partial charge in [-0.15, -0.1) is 0 Å². The first-order valence-electron chi connectivity index (χ1n) is 8.48. The van der Waals surface area contributed by atoms with Gasteiger partial charge in [0.1, 0.15) is 5.76 Å². The number of hydrogen-bond acceptors (Lipinski definition) is 4. The van der Waals surface area contributed by atoms with Crippen LogP contribution in [0.25, 0.3) is 0 Å². The van der Waals surface area contributed by atoms with Crippen molar-refractivity contribution in [3.05, 3.63) is 17.5 Å². The molecule has 2 saturated heterocycles. The van der Waals surface area contributed by atoms with E-state index in [2.05, 4.69) is 5.16 Å². The van der Waals surface area contributed by atoms with Gasteiger partial charge in [-0.05, 0) is 37.5 Å². The molecule has 1 aromatic rings. The molecule has 22 heavy (non-hydrogen) atoms. The summed E-state index contributed by atoms with van der Waals surface area (Å²) in [5.41, 5.74) is 0.447. The Morgan fingerprint density at radius 1 is 1.27 bits per heavy atom. The standard InChI is InChI=1S/C17H26N2O3/c1-12(2)16-10-15(18-22-16)17(20)19-7-5-13(6-8-19)14-4-3-9-21-11-14/h10,12-14H,3-9,11H2,1-2H3. The van der Waals surface area contributed by atoms with Gasteiger partial charge in [0.15, 0.2) is 5.69 Å². The fourth-order valence-corrected chi connectivity index (χ4v) is 3.54. The summed E-state index contributed by atoms with van der Waals surface area (Å²) < 4.78 is 10.8. The molecule has 2 fully saturated rings. The maximum Gasteiger partial charge on any atom is 0.276 e. The molecule has 1 atom stereocenters. The quantitative estimate of drug-likeness (QED) is 0.861. The third-order valence-electron chi connectivity index (χ3n) is 5.01. The van der Waals surface area contributed by atoms with Crippen molar-refractivity contribution in [2.24, 2.45) is 11.8 Å². The van der Waals surface area contributed by atoms with E-state index >= 15 is 0 Å². The van der Waals surface area contributed by atoms with E-state index in [-0.39, 0.29) is 11.8 Å². The minimum atomic E-state index is 0.00833. The molecule has 0 N–H and O–H groups in total. The highest BCUT2D eigenvalue weighted by Gasteiger charge is 2.31. The second-order valence-electron chi connectivity index (χ2n) is 6.88. The maximum atomic E-state index is 12.5. The summed E-state index contributed by atoms with van der Waals surface area (Å²) in [6, 6.07) is 1.79. The van der Waals surface area contributed by atoms with Crippen molar-refractivity contribution in [1.82, 2.24) is 10.1 Å². The average Bonchev–Trinajstić information content (AvgIpc) is 3.05. The van der Waals surface area contributed by atoms with Gasteiger partial charge in [0, 0.05) is 38.3 Å². The van der Waals surface area contributed by atoms with Gasteiger partial charge < -0.3 is 14.2 Å². The number of hydrogen-bond donors (Lipinski definition) is 0. The van der Waals surface area contributed by atoms with Gasteiger partial charge in [0.25, 0.3) is 5.91 Å². The molecule has 0 spiro atoms. The zero-order valence-electron chi connectivity index (χ0n) is 13.6. The van der Waals surface area contributed by atoms with Crippen LogP contribution in [0.3, 0.4) is 0 Å². The van der Waals surface area contributed by atoms with E-state index in [1.807, 2.05) is 18.7 Å². The highest BCUT2D eigenvalue weighted by atomic mass is 16.5. The van der Waals surface area contributed by atoms with Crippen molar-refractivity contribution >= 4 is 5.91 Å². The fourth-order valence-electron chi connectivity index (χ4n) is 3.54. The van der Waals surface area contributed by atoms with Crippen molar-refractivity contribution in [3.63, 3.8) is 0 Å². The van der Waals surface area contributed by atoms with E-state index in [4.69, 9.17) is 9.26 Å². The number of aromatic nitrogens is 1. The van der Waals surface area contributed by atoms with Gasteiger partial charge in [0.05, 0.1) is 0 Å². The molecule has 2 aliphatic rings. The molecular weight excluding hydrogens is 280 g/mol. The number of rotatable bonds is 3. The van der Waals surface area contributed by atoms with Crippen LogP contribution in [0.1, 0.15) is 61.7 Å². The molecule has 1 amide bonds. The van der Waals surface area contributed by atoms with Crippen molar-refractivity contribution < 1.29 is 14.1 Å². The minimum absolute atomic E-state index is 0.00833. The molecule has 0 bridgehead atoms. The maximum absolute atomic E-state index is 12.5. The van der Waals surface area contributed by atoms with Gasteiger partial charge >= 0.3 is 0 Å². The average molecular weight is 306 g/mol. The largest absolute Gasteiger partial charge is 0.381 e. The van der Waals surface area contributed by atoms with Crippen LogP contribution in [0, 0.1) is 11.8 Å². The first-order chi connectivity index (χ1) is 10.6. The third-order valence-corrected chi connectivity index (χ3v) is 5.01. The Morgan fingerprint density at radius 2 is 2.05 bits per heavy atom. The van der Waals surface area contributed by atoms with Crippen LogP contribution < -0.4 is 0 Å². The first kappa shape index (κ1) is 15.5. The predicted octanol–water partition coefficient (Wildman–Crippen LogP) is 3.08. The summed E-state index contributed by atoms with van der Waals surface area (Å²) in [6.07, 6.45) is 4.61. The molecule has 0 radical (unpaired) electrons. The van der Waals surface area contributed by atoms with Crippen LogP contribution >= 0.6 is 0 Å². The van der Waals surface area contributed by atoms with Crippen molar-refractivity contribution in [2.75, 3.05) is 26.3 Å². The Balaban J connectivity index is 1.54.